The van der Waals surface area contributed by atoms with E-state index >= 15 is 0 Å². The molecule has 1 unspecified atom stereocenters. The van der Waals surface area contributed by atoms with Crippen LogP contribution in [0.25, 0.3) is 5.76 Å². The minimum Gasteiger partial charge on any atom is -0.507 e. The number of aromatic nitrogens is 1. The number of amides is 1. The van der Waals surface area contributed by atoms with Gasteiger partial charge in [0.25, 0.3) is 11.7 Å². The van der Waals surface area contributed by atoms with Gasteiger partial charge in [-0.25, -0.2) is 0 Å². The van der Waals surface area contributed by atoms with Crippen LogP contribution < -0.4 is 9.64 Å². The maximum atomic E-state index is 13.2. The first-order valence-corrected chi connectivity index (χ1v) is 10.5. The lowest BCUT2D eigenvalue weighted by Crippen LogP contribution is -2.30. The zero-order chi connectivity index (χ0) is 22.8. The molecular weight excluding hydrogens is 428 g/mol. The smallest absolute Gasteiger partial charge is 0.300 e. The Labute approximate surface area is 190 Å². The molecule has 7 heteroatoms. The van der Waals surface area contributed by atoms with Crippen LogP contribution in [0, 0.1) is 6.92 Å². The van der Waals surface area contributed by atoms with Crippen molar-refractivity contribution in [2.75, 3.05) is 11.5 Å². The lowest BCUT2D eigenvalue weighted by molar-refractivity contribution is -0.132. The lowest BCUT2D eigenvalue weighted by Gasteiger charge is -2.26. The number of aliphatic hydroxyl groups excluding tert-OH is 1. The molecule has 0 spiro atoms. The number of pyridine rings is 1. The van der Waals surface area contributed by atoms with Crippen molar-refractivity contribution in [3.8, 4) is 5.75 Å². The Bertz CT molecular complexity index is 1220. The minimum absolute atomic E-state index is 0.0308. The van der Waals surface area contributed by atoms with Crippen molar-refractivity contribution in [3.05, 3.63) is 94.3 Å². The molecule has 2 heterocycles. The molecule has 0 bridgehead atoms. The number of rotatable bonds is 5. The van der Waals surface area contributed by atoms with Crippen molar-refractivity contribution in [2.24, 2.45) is 0 Å². The number of benzene rings is 2. The third kappa shape index (κ3) is 3.85. The highest BCUT2D eigenvalue weighted by Gasteiger charge is 2.48. The normalized spacial score (nSPS) is 17.6. The summed E-state index contributed by atoms with van der Waals surface area (Å²) in [7, 11) is 0. The number of aryl methyl sites for hydroxylation is 1. The van der Waals surface area contributed by atoms with Crippen molar-refractivity contribution >= 4 is 34.7 Å². The molecule has 6 nitrogen and oxygen atoms in total. The summed E-state index contributed by atoms with van der Waals surface area (Å²) in [6.45, 7) is 4.12. The van der Waals surface area contributed by atoms with Gasteiger partial charge < -0.3 is 9.84 Å². The number of hydrogen-bond donors (Lipinski definition) is 1. The first kappa shape index (κ1) is 21.6. The molecule has 162 valence electrons. The number of anilines is 1. The van der Waals surface area contributed by atoms with E-state index < -0.39 is 17.7 Å². The number of ether oxygens (including phenoxy) is 1. The number of aliphatic hydroxyl groups is 1. The molecule has 3 aromatic rings. The molecule has 2 aromatic carbocycles. The average molecular weight is 449 g/mol. The molecular formula is C25H21ClN2O4. The Morgan fingerprint density at radius 3 is 2.62 bits per heavy atom. The fourth-order valence-electron chi connectivity index (χ4n) is 3.84. The van der Waals surface area contributed by atoms with Crippen LogP contribution in [-0.2, 0) is 9.59 Å². The van der Waals surface area contributed by atoms with Gasteiger partial charge in [-0.15, -0.1) is 0 Å². The van der Waals surface area contributed by atoms with Crippen molar-refractivity contribution in [1.82, 2.24) is 4.98 Å². The molecule has 1 fully saturated rings. The van der Waals surface area contributed by atoms with E-state index in [0.29, 0.717) is 34.3 Å². The van der Waals surface area contributed by atoms with Crippen LogP contribution in [0.5, 0.6) is 5.75 Å². The van der Waals surface area contributed by atoms with Gasteiger partial charge in [-0.3, -0.25) is 19.5 Å². The highest BCUT2D eigenvalue weighted by Crippen LogP contribution is 2.43. The average Bonchev–Trinajstić information content (AvgIpc) is 3.05. The summed E-state index contributed by atoms with van der Waals surface area (Å²) in [5.41, 5.74) is 2.05. The maximum absolute atomic E-state index is 13.2. The van der Waals surface area contributed by atoms with Crippen LogP contribution in [-0.4, -0.2) is 28.4 Å². The monoisotopic (exact) mass is 448 g/mol. The second kappa shape index (κ2) is 8.85. The van der Waals surface area contributed by atoms with E-state index in [1.807, 2.05) is 13.8 Å². The van der Waals surface area contributed by atoms with E-state index in [2.05, 4.69) is 4.98 Å². The summed E-state index contributed by atoms with van der Waals surface area (Å²) in [5.74, 6) is -1.26. The number of halogens is 1. The molecule has 1 saturated heterocycles. The Kier molecular flexibility index (Phi) is 5.97. The van der Waals surface area contributed by atoms with Crippen molar-refractivity contribution < 1.29 is 19.4 Å². The number of hydrogen-bond acceptors (Lipinski definition) is 5. The van der Waals surface area contributed by atoms with E-state index in [1.54, 1.807) is 66.9 Å². The molecule has 1 N–H and O–H groups in total. The van der Waals surface area contributed by atoms with Gasteiger partial charge in [0, 0.05) is 22.5 Å². The van der Waals surface area contributed by atoms with E-state index in [9.17, 15) is 14.7 Å². The Balaban J connectivity index is 1.93. The fraction of sp³-hybridized carbons (Fsp3) is 0.160. The summed E-state index contributed by atoms with van der Waals surface area (Å²) in [6, 6.07) is 16.2. The Hall–Kier alpha value is -3.64. The number of Topliss-reactive ketones (excluding diaryl/α,β-unsaturated/α-hetero) is 1. The summed E-state index contributed by atoms with van der Waals surface area (Å²) < 4.78 is 5.52. The van der Waals surface area contributed by atoms with Gasteiger partial charge in [0.2, 0.25) is 0 Å². The third-order valence-electron chi connectivity index (χ3n) is 5.25. The molecule has 0 aliphatic carbocycles. The highest BCUT2D eigenvalue weighted by atomic mass is 35.5. The molecule has 1 amide bonds. The first-order chi connectivity index (χ1) is 15.4. The number of carbonyl (C=O) groups excluding carboxylic acids is 2. The zero-order valence-electron chi connectivity index (χ0n) is 17.6. The van der Waals surface area contributed by atoms with Crippen LogP contribution in [0.4, 0.5) is 5.69 Å². The van der Waals surface area contributed by atoms with Crippen LogP contribution in [0.2, 0.25) is 5.02 Å². The maximum Gasteiger partial charge on any atom is 0.300 e. The summed E-state index contributed by atoms with van der Waals surface area (Å²) >= 11 is 6.10. The molecule has 1 atom stereocenters. The van der Waals surface area contributed by atoms with Crippen molar-refractivity contribution in [1.29, 1.82) is 0 Å². The van der Waals surface area contributed by atoms with Crippen LogP contribution in [0.15, 0.2) is 72.4 Å². The van der Waals surface area contributed by atoms with Gasteiger partial charge in [0.05, 0.1) is 17.9 Å². The molecule has 1 aromatic heterocycles. The minimum atomic E-state index is -0.896. The molecule has 1 aliphatic rings. The number of carbonyl (C=O) groups is 2. The summed E-state index contributed by atoms with van der Waals surface area (Å²) in [4.78, 5) is 32.1. The number of nitrogens with zero attached hydrogens (tertiary/aromatic N) is 2. The zero-order valence-corrected chi connectivity index (χ0v) is 18.3. The SMILES string of the molecule is CCOc1cccc(/C(O)=C2\C(=O)C(=O)N(c3ccc(Cl)cc3C)C2c2ccccn2)c1. The summed E-state index contributed by atoms with van der Waals surface area (Å²) in [5, 5.41) is 11.7. The van der Waals surface area contributed by atoms with Gasteiger partial charge in [-0.05, 0) is 61.9 Å². The summed E-state index contributed by atoms with van der Waals surface area (Å²) in [6.07, 6.45) is 1.58. The predicted molar refractivity (Wildman–Crippen MR) is 123 cm³/mol. The van der Waals surface area contributed by atoms with Gasteiger partial charge >= 0.3 is 0 Å². The van der Waals surface area contributed by atoms with Crippen LogP contribution in [0.3, 0.4) is 0 Å². The molecule has 32 heavy (non-hydrogen) atoms. The van der Waals surface area contributed by atoms with Gasteiger partial charge in [0.15, 0.2) is 0 Å². The van der Waals surface area contributed by atoms with E-state index in [0.717, 1.165) is 5.56 Å². The van der Waals surface area contributed by atoms with E-state index in [4.69, 9.17) is 16.3 Å². The highest BCUT2D eigenvalue weighted by molar-refractivity contribution is 6.51. The fourth-order valence-corrected chi connectivity index (χ4v) is 4.07. The molecule has 0 radical (unpaired) electrons. The first-order valence-electron chi connectivity index (χ1n) is 10.1. The quantitative estimate of drug-likeness (QED) is 0.335. The Morgan fingerprint density at radius 1 is 1.12 bits per heavy atom. The number of ketones is 1. The van der Waals surface area contributed by atoms with Crippen LogP contribution >= 0.6 is 11.6 Å². The van der Waals surface area contributed by atoms with E-state index in [1.165, 1.54) is 4.90 Å². The van der Waals surface area contributed by atoms with E-state index in [-0.39, 0.29) is 11.3 Å². The Morgan fingerprint density at radius 2 is 1.94 bits per heavy atom. The molecule has 1 aliphatic heterocycles. The molecule has 4 rings (SSSR count). The second-order valence-electron chi connectivity index (χ2n) is 7.32. The lowest BCUT2D eigenvalue weighted by atomic mass is 9.98. The predicted octanol–water partition coefficient (Wildman–Crippen LogP) is 5.07. The topological polar surface area (TPSA) is 79.7 Å². The standard InChI is InChI=1S/C25H21ClN2O4/c1-3-32-18-8-6-7-16(14-18)23(29)21-22(19-9-4-5-12-27-19)28(25(31)24(21)30)20-11-10-17(26)13-15(20)2/h4-14,22,29H,3H2,1-2H3/b23-21+. The second-order valence-corrected chi connectivity index (χ2v) is 7.75. The van der Waals surface area contributed by atoms with Gasteiger partial charge in [0.1, 0.15) is 17.6 Å². The van der Waals surface area contributed by atoms with Crippen molar-refractivity contribution in [2.45, 2.75) is 19.9 Å². The van der Waals surface area contributed by atoms with Crippen LogP contribution in [0.1, 0.15) is 29.8 Å². The van der Waals surface area contributed by atoms with Gasteiger partial charge in [-0.2, -0.15) is 0 Å². The molecule has 0 saturated carbocycles. The third-order valence-corrected chi connectivity index (χ3v) is 5.48. The van der Waals surface area contributed by atoms with Crippen molar-refractivity contribution in [3.63, 3.8) is 0 Å². The largest absolute Gasteiger partial charge is 0.507 e. The van der Waals surface area contributed by atoms with Gasteiger partial charge in [-0.1, -0.05) is 29.8 Å².